The van der Waals surface area contributed by atoms with Crippen LogP contribution in [0, 0.1) is 5.82 Å². The molecule has 0 fully saturated rings. The van der Waals surface area contributed by atoms with Crippen molar-refractivity contribution in [2.24, 2.45) is 0 Å². The number of hydrogen-bond acceptors (Lipinski definition) is 0. The van der Waals surface area contributed by atoms with Crippen LogP contribution < -0.4 is 0 Å². The normalized spacial score (nSPS) is 15.0. The van der Waals surface area contributed by atoms with Crippen LogP contribution in [0.1, 0.15) is 53.9 Å². The van der Waals surface area contributed by atoms with Gasteiger partial charge in [-0.25, -0.2) is 4.39 Å². The Morgan fingerprint density at radius 2 is 1.07 bits per heavy atom. The van der Waals surface area contributed by atoms with Crippen LogP contribution in [0.3, 0.4) is 0 Å². The molecule has 0 saturated heterocycles. The summed E-state index contributed by atoms with van der Waals surface area (Å²) in [4.78, 5) is 0. The number of hydrogen-bond donors (Lipinski definition) is 0. The molecule has 0 aromatic heterocycles. The fourth-order valence-electron chi connectivity index (χ4n) is 3.85. The van der Waals surface area contributed by atoms with Gasteiger partial charge in [0.1, 0.15) is 5.82 Å². The fourth-order valence-corrected chi connectivity index (χ4v) is 3.98. The zero-order valence-electron chi connectivity index (χ0n) is 16.1. The number of halogens is 5. The minimum absolute atomic E-state index is 0.00840. The van der Waals surface area contributed by atoms with Crippen molar-refractivity contribution in [2.45, 2.75) is 37.8 Å². The smallest absolute Gasteiger partial charge is 0.207 e. The van der Waals surface area contributed by atoms with Gasteiger partial charge in [-0.3, -0.25) is 0 Å². The molecule has 0 bridgehead atoms. The van der Waals surface area contributed by atoms with Crippen LogP contribution >= 0.6 is 11.6 Å². The molecule has 0 aliphatic carbocycles. The lowest BCUT2D eigenvalue weighted by Gasteiger charge is -2.31. The SMILES string of the molecule is CC(c1ccc(F)cc1)C(c1ccc(Cl)cc1)C(C)c1ccc(C(F)(F)F)cc1. The Balaban J connectivity index is 1.99. The largest absolute Gasteiger partial charge is 0.416 e. The molecule has 0 aliphatic rings. The molecular weight excluding hydrogens is 400 g/mol. The highest BCUT2D eigenvalue weighted by molar-refractivity contribution is 6.30. The Kier molecular flexibility index (Phi) is 6.33. The molecular formula is C24H21ClF4. The molecule has 0 nitrogen and oxygen atoms in total. The van der Waals surface area contributed by atoms with Gasteiger partial charge in [-0.15, -0.1) is 0 Å². The minimum Gasteiger partial charge on any atom is -0.207 e. The van der Waals surface area contributed by atoms with E-state index in [1.807, 2.05) is 26.0 Å². The van der Waals surface area contributed by atoms with Crippen LogP contribution in [0.4, 0.5) is 17.6 Å². The van der Waals surface area contributed by atoms with Crippen molar-refractivity contribution in [3.63, 3.8) is 0 Å². The maximum atomic E-state index is 13.4. The molecule has 29 heavy (non-hydrogen) atoms. The molecule has 3 rings (SSSR count). The third-order valence-electron chi connectivity index (χ3n) is 5.49. The van der Waals surface area contributed by atoms with Crippen molar-refractivity contribution in [3.8, 4) is 0 Å². The lowest BCUT2D eigenvalue weighted by atomic mass is 9.73. The molecule has 0 amide bonds. The summed E-state index contributed by atoms with van der Waals surface area (Å²) in [6.45, 7) is 4.05. The van der Waals surface area contributed by atoms with Crippen LogP contribution in [-0.2, 0) is 6.18 Å². The van der Waals surface area contributed by atoms with Crippen LogP contribution in [0.5, 0.6) is 0 Å². The third kappa shape index (κ3) is 4.99. The standard InChI is InChI=1S/C24H21ClF4/c1-15(17-3-9-20(10-4-17)24(27,28)29)23(19-5-11-21(25)12-6-19)16(2)18-7-13-22(26)14-8-18/h3-16,23H,1-2H3. The van der Waals surface area contributed by atoms with E-state index in [0.717, 1.165) is 28.8 Å². The molecule has 3 atom stereocenters. The van der Waals surface area contributed by atoms with Crippen molar-refractivity contribution in [2.75, 3.05) is 0 Å². The average Bonchev–Trinajstić information content (AvgIpc) is 2.69. The summed E-state index contributed by atoms with van der Waals surface area (Å²) < 4.78 is 52.1. The summed E-state index contributed by atoms with van der Waals surface area (Å²) in [5.41, 5.74) is 2.14. The van der Waals surface area contributed by atoms with E-state index in [0.29, 0.717) is 5.02 Å². The van der Waals surface area contributed by atoms with E-state index in [9.17, 15) is 17.6 Å². The van der Waals surface area contributed by atoms with Gasteiger partial charge in [0.05, 0.1) is 5.56 Å². The van der Waals surface area contributed by atoms with Gasteiger partial charge in [0.2, 0.25) is 0 Å². The highest BCUT2D eigenvalue weighted by atomic mass is 35.5. The predicted molar refractivity (Wildman–Crippen MR) is 109 cm³/mol. The molecule has 0 heterocycles. The zero-order chi connectivity index (χ0) is 21.2. The number of rotatable bonds is 5. The minimum atomic E-state index is -4.36. The Morgan fingerprint density at radius 3 is 1.52 bits per heavy atom. The van der Waals surface area contributed by atoms with Crippen LogP contribution in [0.2, 0.25) is 5.02 Å². The van der Waals surface area contributed by atoms with Gasteiger partial charge in [0.25, 0.3) is 0 Å². The first-order valence-electron chi connectivity index (χ1n) is 9.35. The second kappa shape index (κ2) is 8.58. The lowest BCUT2D eigenvalue weighted by molar-refractivity contribution is -0.137. The summed E-state index contributed by atoms with van der Waals surface area (Å²) in [5.74, 6) is -0.401. The van der Waals surface area contributed by atoms with Gasteiger partial charge in [-0.1, -0.05) is 61.8 Å². The first-order valence-corrected chi connectivity index (χ1v) is 9.72. The lowest BCUT2D eigenvalue weighted by Crippen LogP contribution is -2.16. The van der Waals surface area contributed by atoms with Crippen LogP contribution in [0.15, 0.2) is 72.8 Å². The monoisotopic (exact) mass is 420 g/mol. The molecule has 0 aliphatic heterocycles. The number of alkyl halides is 3. The Hall–Kier alpha value is -2.33. The van der Waals surface area contributed by atoms with Gasteiger partial charge in [-0.2, -0.15) is 13.2 Å². The summed E-state index contributed by atoms with van der Waals surface area (Å²) in [6.07, 6.45) is -4.36. The molecule has 3 aromatic rings. The Morgan fingerprint density at radius 1 is 0.655 bits per heavy atom. The molecule has 3 aromatic carbocycles. The van der Waals surface area contributed by atoms with Crippen molar-refractivity contribution in [3.05, 3.63) is 106 Å². The van der Waals surface area contributed by atoms with Gasteiger partial charge in [0.15, 0.2) is 0 Å². The van der Waals surface area contributed by atoms with Crippen LogP contribution in [0.25, 0.3) is 0 Å². The van der Waals surface area contributed by atoms with Crippen LogP contribution in [-0.4, -0.2) is 0 Å². The van der Waals surface area contributed by atoms with E-state index in [4.69, 9.17) is 11.6 Å². The zero-order valence-corrected chi connectivity index (χ0v) is 16.8. The summed E-state index contributed by atoms with van der Waals surface area (Å²) >= 11 is 6.04. The molecule has 5 heteroatoms. The maximum Gasteiger partial charge on any atom is 0.416 e. The van der Waals surface area contributed by atoms with E-state index in [2.05, 4.69) is 0 Å². The number of benzene rings is 3. The van der Waals surface area contributed by atoms with Gasteiger partial charge in [-0.05, 0) is 70.8 Å². The van der Waals surface area contributed by atoms with E-state index in [1.165, 1.54) is 24.3 Å². The van der Waals surface area contributed by atoms with Crippen molar-refractivity contribution in [1.82, 2.24) is 0 Å². The topological polar surface area (TPSA) is 0 Å². The summed E-state index contributed by atoms with van der Waals surface area (Å²) in [7, 11) is 0. The predicted octanol–water partition coefficient (Wildman–Crippen LogP) is 8.19. The van der Waals surface area contributed by atoms with E-state index in [1.54, 1.807) is 24.3 Å². The quantitative estimate of drug-likeness (QED) is 0.365. The first kappa shape index (κ1) is 21.4. The molecule has 0 N–H and O–H groups in total. The van der Waals surface area contributed by atoms with Gasteiger partial charge in [0, 0.05) is 5.02 Å². The fraction of sp³-hybridized carbons (Fsp3) is 0.250. The highest BCUT2D eigenvalue weighted by Gasteiger charge is 2.31. The Labute approximate surface area is 173 Å². The molecule has 0 saturated carbocycles. The maximum absolute atomic E-state index is 13.4. The molecule has 0 spiro atoms. The highest BCUT2D eigenvalue weighted by Crippen LogP contribution is 2.44. The second-order valence-corrected chi connectivity index (χ2v) is 7.76. The van der Waals surface area contributed by atoms with Crippen molar-refractivity contribution >= 4 is 11.6 Å². The second-order valence-electron chi connectivity index (χ2n) is 7.33. The van der Waals surface area contributed by atoms with Crippen molar-refractivity contribution < 1.29 is 17.6 Å². The van der Waals surface area contributed by atoms with Gasteiger partial charge < -0.3 is 0 Å². The first-order chi connectivity index (χ1) is 13.7. The Bertz CT molecular complexity index is 929. The third-order valence-corrected chi connectivity index (χ3v) is 5.74. The summed E-state index contributed by atoms with van der Waals surface area (Å²) in [5, 5.41) is 0.615. The van der Waals surface area contributed by atoms with E-state index >= 15 is 0 Å². The van der Waals surface area contributed by atoms with E-state index in [-0.39, 0.29) is 23.6 Å². The average molecular weight is 421 g/mol. The van der Waals surface area contributed by atoms with Crippen molar-refractivity contribution in [1.29, 1.82) is 0 Å². The van der Waals surface area contributed by atoms with Gasteiger partial charge >= 0.3 is 6.18 Å². The molecule has 152 valence electrons. The van der Waals surface area contributed by atoms with E-state index < -0.39 is 11.7 Å². The molecule has 0 radical (unpaired) electrons. The molecule has 3 unspecified atom stereocenters. The summed E-state index contributed by atoms with van der Waals surface area (Å²) in [6, 6.07) is 19.1.